The third-order valence-corrected chi connectivity index (χ3v) is 2.46. The summed E-state index contributed by atoms with van der Waals surface area (Å²) < 4.78 is 9.94. The fourth-order valence-electron chi connectivity index (χ4n) is 1.73. The van der Waals surface area contributed by atoms with E-state index in [2.05, 4.69) is 0 Å². The topological polar surface area (TPSA) is 52.6 Å². The first-order chi connectivity index (χ1) is 7.27. The molecule has 1 aromatic rings. The summed E-state index contributed by atoms with van der Waals surface area (Å²) in [6.07, 6.45) is 1.28. The molecule has 0 saturated heterocycles. The first-order valence-electron chi connectivity index (χ1n) is 4.60. The molecule has 4 heteroatoms. The Morgan fingerprint density at radius 1 is 1.47 bits per heavy atom. The van der Waals surface area contributed by atoms with Crippen LogP contribution in [0.4, 0.5) is 0 Å². The molecule has 0 saturated carbocycles. The number of carbonyl (C=O) groups excluding carboxylic acids is 2. The molecule has 0 atom stereocenters. The summed E-state index contributed by atoms with van der Waals surface area (Å²) in [5.41, 5.74) is 1.64. The van der Waals surface area contributed by atoms with Gasteiger partial charge in [0.2, 0.25) is 0 Å². The zero-order chi connectivity index (χ0) is 10.8. The maximum absolute atomic E-state index is 11.4. The minimum Gasteiger partial charge on any atom is -0.496 e. The molecule has 0 amide bonds. The van der Waals surface area contributed by atoms with Gasteiger partial charge in [-0.1, -0.05) is 0 Å². The van der Waals surface area contributed by atoms with Gasteiger partial charge in [0.15, 0.2) is 6.29 Å². The Morgan fingerprint density at radius 2 is 2.27 bits per heavy atom. The zero-order valence-electron chi connectivity index (χ0n) is 8.28. The largest absolute Gasteiger partial charge is 0.496 e. The summed E-state index contributed by atoms with van der Waals surface area (Å²) in [7, 11) is 1.50. The molecule has 1 heterocycles. The fraction of sp³-hybridized carbons (Fsp3) is 0.273. The molecule has 0 radical (unpaired) electrons. The van der Waals surface area contributed by atoms with E-state index in [0.717, 1.165) is 11.8 Å². The van der Waals surface area contributed by atoms with E-state index in [1.54, 1.807) is 12.1 Å². The van der Waals surface area contributed by atoms with E-state index in [0.29, 0.717) is 29.9 Å². The number of fused-ring (bicyclic) bond motifs is 1. The molecular formula is C11H10O4. The molecule has 0 N–H and O–H groups in total. The van der Waals surface area contributed by atoms with Crippen molar-refractivity contribution in [1.29, 1.82) is 0 Å². The molecule has 0 aliphatic carbocycles. The average Bonchev–Trinajstić information content (AvgIpc) is 2.28. The first kappa shape index (κ1) is 9.71. The highest BCUT2D eigenvalue weighted by Gasteiger charge is 2.23. The van der Waals surface area contributed by atoms with E-state index < -0.39 is 0 Å². The SMILES string of the molecule is COc1ccc2c(c1C=O)CCOC2=O. The van der Waals surface area contributed by atoms with Crippen molar-refractivity contribution >= 4 is 12.3 Å². The molecule has 0 unspecified atom stereocenters. The van der Waals surface area contributed by atoms with Gasteiger partial charge in [-0.05, 0) is 17.7 Å². The van der Waals surface area contributed by atoms with Gasteiger partial charge < -0.3 is 9.47 Å². The van der Waals surface area contributed by atoms with E-state index in [4.69, 9.17) is 9.47 Å². The summed E-state index contributed by atoms with van der Waals surface area (Å²) in [6, 6.07) is 3.23. The second kappa shape index (κ2) is 3.73. The number of carbonyl (C=O) groups is 2. The van der Waals surface area contributed by atoms with Crippen molar-refractivity contribution in [2.75, 3.05) is 13.7 Å². The minimum atomic E-state index is -0.373. The van der Waals surface area contributed by atoms with Gasteiger partial charge in [-0.15, -0.1) is 0 Å². The van der Waals surface area contributed by atoms with Gasteiger partial charge in [0.1, 0.15) is 5.75 Å². The quantitative estimate of drug-likeness (QED) is 0.539. The molecule has 1 aromatic carbocycles. The highest BCUT2D eigenvalue weighted by atomic mass is 16.5. The Hall–Kier alpha value is -1.84. The van der Waals surface area contributed by atoms with Crippen LogP contribution < -0.4 is 4.74 Å². The third kappa shape index (κ3) is 1.48. The average molecular weight is 206 g/mol. The van der Waals surface area contributed by atoms with E-state index >= 15 is 0 Å². The predicted octanol–water partition coefficient (Wildman–Crippen LogP) is 1.22. The van der Waals surface area contributed by atoms with Crippen LogP contribution in [0.3, 0.4) is 0 Å². The zero-order valence-corrected chi connectivity index (χ0v) is 8.28. The van der Waals surface area contributed by atoms with Crippen LogP contribution in [0.15, 0.2) is 12.1 Å². The molecular weight excluding hydrogens is 196 g/mol. The van der Waals surface area contributed by atoms with Crippen molar-refractivity contribution in [2.24, 2.45) is 0 Å². The molecule has 0 fully saturated rings. The van der Waals surface area contributed by atoms with Gasteiger partial charge in [-0.25, -0.2) is 4.79 Å². The van der Waals surface area contributed by atoms with Crippen molar-refractivity contribution in [2.45, 2.75) is 6.42 Å². The van der Waals surface area contributed by atoms with Crippen LogP contribution in [0.5, 0.6) is 5.75 Å². The summed E-state index contributed by atoms with van der Waals surface area (Å²) >= 11 is 0. The number of ether oxygens (including phenoxy) is 2. The van der Waals surface area contributed by atoms with Crippen molar-refractivity contribution in [3.05, 3.63) is 28.8 Å². The molecule has 0 bridgehead atoms. The van der Waals surface area contributed by atoms with Gasteiger partial charge in [0.05, 0.1) is 24.8 Å². The molecule has 0 spiro atoms. The van der Waals surface area contributed by atoms with Crippen molar-refractivity contribution in [1.82, 2.24) is 0 Å². The smallest absolute Gasteiger partial charge is 0.338 e. The summed E-state index contributed by atoms with van der Waals surface area (Å²) in [6.45, 7) is 0.319. The van der Waals surface area contributed by atoms with Crippen LogP contribution >= 0.6 is 0 Å². The van der Waals surface area contributed by atoms with E-state index in [1.807, 2.05) is 0 Å². The second-order valence-corrected chi connectivity index (χ2v) is 3.21. The highest BCUT2D eigenvalue weighted by molar-refractivity contribution is 5.96. The number of hydrogen-bond acceptors (Lipinski definition) is 4. The van der Waals surface area contributed by atoms with Gasteiger partial charge in [0.25, 0.3) is 0 Å². The van der Waals surface area contributed by atoms with Crippen LogP contribution in [-0.4, -0.2) is 26.0 Å². The summed E-state index contributed by atoms with van der Waals surface area (Å²) in [5.74, 6) is 0.125. The van der Waals surface area contributed by atoms with Crippen LogP contribution in [0.1, 0.15) is 26.3 Å². The third-order valence-electron chi connectivity index (χ3n) is 2.46. The Labute approximate surface area is 86.8 Å². The summed E-state index contributed by atoms with van der Waals surface area (Å²) in [5, 5.41) is 0. The number of cyclic esters (lactones) is 1. The molecule has 15 heavy (non-hydrogen) atoms. The Morgan fingerprint density at radius 3 is 2.93 bits per heavy atom. The standard InChI is InChI=1S/C11H10O4/c1-14-10-3-2-8-7(9(10)6-12)4-5-15-11(8)13/h2-3,6H,4-5H2,1H3. The molecule has 2 rings (SSSR count). The van der Waals surface area contributed by atoms with Gasteiger partial charge in [0, 0.05) is 6.42 Å². The lowest BCUT2D eigenvalue weighted by Gasteiger charge is -2.18. The van der Waals surface area contributed by atoms with Crippen molar-refractivity contribution in [3.8, 4) is 5.75 Å². The number of aldehydes is 1. The van der Waals surface area contributed by atoms with Gasteiger partial charge in [-0.3, -0.25) is 4.79 Å². The monoisotopic (exact) mass is 206 g/mol. The first-order valence-corrected chi connectivity index (χ1v) is 4.60. The Bertz CT molecular complexity index is 423. The van der Waals surface area contributed by atoms with Gasteiger partial charge in [-0.2, -0.15) is 0 Å². The van der Waals surface area contributed by atoms with Crippen molar-refractivity contribution < 1.29 is 19.1 Å². The fourth-order valence-corrected chi connectivity index (χ4v) is 1.73. The van der Waals surface area contributed by atoms with E-state index in [1.165, 1.54) is 7.11 Å². The molecule has 4 nitrogen and oxygen atoms in total. The van der Waals surface area contributed by atoms with Crippen LogP contribution in [0.25, 0.3) is 0 Å². The van der Waals surface area contributed by atoms with Gasteiger partial charge >= 0.3 is 5.97 Å². The highest BCUT2D eigenvalue weighted by Crippen LogP contribution is 2.27. The maximum Gasteiger partial charge on any atom is 0.338 e. The lowest BCUT2D eigenvalue weighted by Crippen LogP contribution is -2.19. The lowest BCUT2D eigenvalue weighted by atomic mass is 9.96. The number of methoxy groups -OCH3 is 1. The Balaban J connectivity index is 2.63. The molecule has 0 aromatic heterocycles. The van der Waals surface area contributed by atoms with Crippen LogP contribution in [-0.2, 0) is 11.2 Å². The molecule has 78 valence electrons. The maximum atomic E-state index is 11.4. The van der Waals surface area contributed by atoms with Crippen LogP contribution in [0, 0.1) is 0 Å². The lowest BCUT2D eigenvalue weighted by molar-refractivity contribution is 0.0480. The predicted molar refractivity (Wildman–Crippen MR) is 52.4 cm³/mol. The summed E-state index contributed by atoms with van der Waals surface area (Å²) in [4.78, 5) is 22.3. The minimum absolute atomic E-state index is 0.319. The molecule has 1 aliphatic rings. The number of rotatable bonds is 2. The number of benzene rings is 1. The van der Waals surface area contributed by atoms with Crippen LogP contribution in [0.2, 0.25) is 0 Å². The van der Waals surface area contributed by atoms with E-state index in [-0.39, 0.29) is 5.97 Å². The normalized spacial score (nSPS) is 14.1. The Kier molecular flexibility index (Phi) is 2.41. The number of hydrogen-bond donors (Lipinski definition) is 0. The number of esters is 1. The second-order valence-electron chi connectivity index (χ2n) is 3.21. The molecule has 1 aliphatic heterocycles. The van der Waals surface area contributed by atoms with E-state index in [9.17, 15) is 9.59 Å². The van der Waals surface area contributed by atoms with Crippen molar-refractivity contribution in [3.63, 3.8) is 0 Å².